The van der Waals surface area contributed by atoms with Crippen LogP contribution in [0, 0.1) is 0 Å². The summed E-state index contributed by atoms with van der Waals surface area (Å²) in [7, 11) is -4.64. The normalized spacial score (nSPS) is 7.38. The summed E-state index contributed by atoms with van der Waals surface area (Å²) < 4.78 is 8.88. The fourth-order valence-corrected chi connectivity index (χ4v) is 0. The molecular formula is H5FeLi2O4P. The SMILES string of the molecule is O=P(O)(O)O.[Fe].[H-].[H-].[Li+].[Li+]. The average Bonchev–Trinajstić information content (AvgIpc) is 0.722. The molecule has 0 aromatic heterocycles. The Kier molecular flexibility index (Phi) is 24.9. The van der Waals surface area contributed by atoms with Gasteiger partial charge < -0.3 is 17.5 Å². The van der Waals surface area contributed by atoms with Crippen LogP contribution in [0.15, 0.2) is 0 Å². The van der Waals surface area contributed by atoms with Crippen molar-refractivity contribution in [3.05, 3.63) is 0 Å². The van der Waals surface area contributed by atoms with Crippen LogP contribution in [0.2, 0.25) is 0 Å². The molecule has 0 atom stereocenters. The molecule has 8 heavy (non-hydrogen) atoms. The monoisotopic (exact) mass is 170 g/mol. The minimum Gasteiger partial charge on any atom is -1.00 e. The first kappa shape index (κ1) is 22.6. The number of phosphoric acid groups is 1. The van der Waals surface area contributed by atoms with E-state index in [1.54, 1.807) is 0 Å². The van der Waals surface area contributed by atoms with E-state index in [9.17, 15) is 0 Å². The van der Waals surface area contributed by atoms with Crippen molar-refractivity contribution in [2.24, 2.45) is 0 Å². The molecule has 4 nitrogen and oxygen atoms in total. The van der Waals surface area contributed by atoms with Crippen molar-refractivity contribution in [1.82, 2.24) is 0 Å². The summed E-state index contributed by atoms with van der Waals surface area (Å²) in [6, 6.07) is 0. The second-order valence-corrected chi connectivity index (χ2v) is 1.54. The van der Waals surface area contributed by atoms with Gasteiger partial charge in [-0.2, -0.15) is 0 Å². The smallest absolute Gasteiger partial charge is 1.00 e. The number of rotatable bonds is 0. The zero-order valence-electron chi connectivity index (χ0n) is 6.55. The van der Waals surface area contributed by atoms with Crippen LogP contribution < -0.4 is 37.7 Å². The maximum absolute atomic E-state index is 8.88. The molecule has 0 saturated heterocycles. The van der Waals surface area contributed by atoms with Crippen molar-refractivity contribution in [2.45, 2.75) is 0 Å². The maximum Gasteiger partial charge on any atom is 1.00 e. The van der Waals surface area contributed by atoms with Crippen LogP contribution in [0.5, 0.6) is 0 Å². The van der Waals surface area contributed by atoms with Gasteiger partial charge in [-0.05, 0) is 0 Å². The molecule has 0 aliphatic heterocycles. The molecular weight excluding hydrogens is 165 g/mol. The average molecular weight is 170 g/mol. The third kappa shape index (κ3) is 109. The van der Waals surface area contributed by atoms with Crippen molar-refractivity contribution in [3.8, 4) is 0 Å². The Morgan fingerprint density at radius 1 is 1.12 bits per heavy atom. The molecule has 0 saturated carbocycles. The van der Waals surface area contributed by atoms with Crippen molar-refractivity contribution in [2.75, 3.05) is 0 Å². The minimum absolute atomic E-state index is 0. The van der Waals surface area contributed by atoms with Gasteiger partial charge in [0, 0.05) is 17.1 Å². The van der Waals surface area contributed by atoms with Crippen molar-refractivity contribution < 1.29 is 76.9 Å². The van der Waals surface area contributed by atoms with Crippen molar-refractivity contribution >= 4 is 7.82 Å². The van der Waals surface area contributed by atoms with Gasteiger partial charge in [0.05, 0.1) is 0 Å². The fraction of sp³-hybridized carbons (Fsp3) is 0. The molecule has 0 spiro atoms. The Morgan fingerprint density at radius 3 is 1.12 bits per heavy atom. The largest absolute Gasteiger partial charge is 1.00 e. The van der Waals surface area contributed by atoms with E-state index in [0.29, 0.717) is 0 Å². The molecule has 0 rings (SSSR count). The number of hydrogen-bond acceptors (Lipinski definition) is 1. The van der Waals surface area contributed by atoms with Crippen LogP contribution >= 0.6 is 7.82 Å². The quantitative estimate of drug-likeness (QED) is 0.249. The predicted molar refractivity (Wildman–Crippen MR) is 16.5 cm³/mol. The van der Waals surface area contributed by atoms with Gasteiger partial charge in [-0.25, -0.2) is 4.57 Å². The van der Waals surface area contributed by atoms with Gasteiger partial charge in [-0.1, -0.05) is 0 Å². The Morgan fingerprint density at radius 2 is 1.12 bits per heavy atom. The first-order chi connectivity index (χ1) is 2.00. The van der Waals surface area contributed by atoms with Gasteiger partial charge in [-0.15, -0.1) is 0 Å². The zero-order valence-corrected chi connectivity index (χ0v) is 6.55. The van der Waals surface area contributed by atoms with E-state index >= 15 is 0 Å². The first-order valence-corrected chi connectivity index (χ1v) is 2.35. The van der Waals surface area contributed by atoms with E-state index in [0.717, 1.165) is 0 Å². The van der Waals surface area contributed by atoms with Crippen LogP contribution in [-0.2, 0) is 21.6 Å². The van der Waals surface area contributed by atoms with Gasteiger partial charge in [0.15, 0.2) is 0 Å². The van der Waals surface area contributed by atoms with Gasteiger partial charge in [0.1, 0.15) is 0 Å². The van der Waals surface area contributed by atoms with Crippen LogP contribution in [-0.4, -0.2) is 14.7 Å². The van der Waals surface area contributed by atoms with Crippen LogP contribution in [0.3, 0.4) is 0 Å². The summed E-state index contributed by atoms with van der Waals surface area (Å²) in [6.07, 6.45) is 0. The van der Waals surface area contributed by atoms with Gasteiger partial charge in [0.25, 0.3) is 0 Å². The summed E-state index contributed by atoms with van der Waals surface area (Å²) in [5.41, 5.74) is 0. The van der Waals surface area contributed by atoms with E-state index in [1.165, 1.54) is 0 Å². The van der Waals surface area contributed by atoms with Crippen molar-refractivity contribution in [3.63, 3.8) is 0 Å². The summed E-state index contributed by atoms with van der Waals surface area (Å²) >= 11 is 0. The molecule has 44 valence electrons. The molecule has 0 aromatic rings. The van der Waals surface area contributed by atoms with Crippen LogP contribution in [0.1, 0.15) is 2.85 Å². The summed E-state index contributed by atoms with van der Waals surface area (Å²) in [5, 5.41) is 0. The van der Waals surface area contributed by atoms with E-state index in [1.807, 2.05) is 0 Å². The second kappa shape index (κ2) is 8.82. The van der Waals surface area contributed by atoms with E-state index in [4.69, 9.17) is 19.2 Å². The molecule has 0 amide bonds. The molecule has 0 heterocycles. The van der Waals surface area contributed by atoms with Gasteiger partial charge in [-0.3, -0.25) is 0 Å². The predicted octanol–water partition coefficient (Wildman–Crippen LogP) is -6.70. The Balaban J connectivity index is -0.00000000800. The molecule has 0 fully saturated rings. The van der Waals surface area contributed by atoms with Gasteiger partial charge in [0.2, 0.25) is 0 Å². The molecule has 0 aliphatic carbocycles. The molecule has 0 aromatic carbocycles. The van der Waals surface area contributed by atoms with E-state index in [2.05, 4.69) is 0 Å². The van der Waals surface area contributed by atoms with Crippen LogP contribution in [0.4, 0.5) is 0 Å². The molecule has 0 aliphatic rings. The summed E-state index contributed by atoms with van der Waals surface area (Å²) in [5.74, 6) is 0. The molecule has 3 N–H and O–H groups in total. The molecule has 0 bridgehead atoms. The molecule has 0 unspecified atom stereocenters. The number of hydrogen-bond donors (Lipinski definition) is 3. The minimum atomic E-state index is -4.64. The van der Waals surface area contributed by atoms with Gasteiger partial charge >= 0.3 is 45.5 Å². The molecule has 8 heteroatoms. The van der Waals surface area contributed by atoms with Crippen LogP contribution in [0.25, 0.3) is 0 Å². The third-order valence-corrected chi connectivity index (χ3v) is 0. The first-order valence-electron chi connectivity index (χ1n) is 0.783. The zero-order chi connectivity index (χ0) is 4.50. The maximum atomic E-state index is 8.88. The fourth-order valence-electron chi connectivity index (χ4n) is 0. The summed E-state index contributed by atoms with van der Waals surface area (Å²) in [6.45, 7) is 0. The Labute approximate surface area is 84.5 Å². The van der Waals surface area contributed by atoms with E-state index < -0.39 is 7.82 Å². The third-order valence-electron chi connectivity index (χ3n) is 0. The van der Waals surface area contributed by atoms with Crippen molar-refractivity contribution in [1.29, 1.82) is 0 Å². The standard InChI is InChI=1S/Fe.2Li.H3O4P.2H/c;;;1-5(2,3)4;;/h;;;(H3,1,2,3,4);;/q;2*+1;;2*-1. The molecule has 0 radical (unpaired) electrons. The Hall–Kier alpha value is 1.82. The summed E-state index contributed by atoms with van der Waals surface area (Å²) in [4.78, 5) is 21.6. The topological polar surface area (TPSA) is 77.8 Å². The van der Waals surface area contributed by atoms with E-state index in [-0.39, 0.29) is 57.6 Å². The Bertz CT molecular complexity index is 67.4. The second-order valence-electron chi connectivity index (χ2n) is 0.513.